The molecule has 2 saturated carbocycles. The zero-order valence-corrected chi connectivity index (χ0v) is 21.0. The highest BCUT2D eigenvalue weighted by molar-refractivity contribution is 7.92. The first-order chi connectivity index (χ1) is 16.3. The van der Waals surface area contributed by atoms with Gasteiger partial charge in [0.05, 0.1) is 33.8 Å². The lowest BCUT2D eigenvalue weighted by Gasteiger charge is -2.19. The van der Waals surface area contributed by atoms with E-state index in [0.717, 1.165) is 21.9 Å². The number of methoxy groups -OCH3 is 1. The number of rotatable bonds is 6. The number of hydrogen-bond donors (Lipinski definition) is 1. The van der Waals surface area contributed by atoms with Gasteiger partial charge in [0, 0.05) is 16.9 Å². The van der Waals surface area contributed by atoms with Crippen LogP contribution in [0.4, 0.5) is 13.2 Å². The second-order valence-corrected chi connectivity index (χ2v) is 12.9. The van der Waals surface area contributed by atoms with Crippen LogP contribution in [0, 0.1) is 31.1 Å². The third-order valence-electron chi connectivity index (χ3n) is 6.81. The summed E-state index contributed by atoms with van der Waals surface area (Å²) in [7, 11) is -3.11. The number of thiophene rings is 1. The van der Waals surface area contributed by atoms with E-state index in [2.05, 4.69) is 5.32 Å². The average Bonchev–Trinajstić information content (AvgIpc) is 3.26. The Kier molecular flexibility index (Phi) is 6.53. The molecular weight excluding hydrogens is 501 g/mol. The number of amides is 1. The van der Waals surface area contributed by atoms with E-state index in [0.29, 0.717) is 24.0 Å². The fourth-order valence-electron chi connectivity index (χ4n) is 4.73. The summed E-state index contributed by atoms with van der Waals surface area (Å²) in [5.41, 5.74) is -1.24. The normalized spacial score (nSPS) is 23.6. The van der Waals surface area contributed by atoms with Gasteiger partial charge in [0.1, 0.15) is 5.54 Å². The fraction of sp³-hybridized carbons (Fsp3) is 0.500. The summed E-state index contributed by atoms with van der Waals surface area (Å²) in [6.45, 7) is 3.66. The van der Waals surface area contributed by atoms with Crippen molar-refractivity contribution in [1.29, 1.82) is 5.26 Å². The highest BCUT2D eigenvalue weighted by Crippen LogP contribution is 2.43. The van der Waals surface area contributed by atoms with Gasteiger partial charge in [-0.1, -0.05) is 6.07 Å². The SMILES string of the molecule is COC1CC(S(=O)(=O)c2ccc(-c3cc(C)sc3C)cc2C(F)(F)F)CC1C(=O)NC1(C#N)CC1. The maximum atomic E-state index is 14.1. The molecule has 0 saturated heterocycles. The molecule has 2 aliphatic carbocycles. The molecule has 4 rings (SSSR count). The summed E-state index contributed by atoms with van der Waals surface area (Å²) < 4.78 is 74.5. The number of sulfone groups is 1. The van der Waals surface area contributed by atoms with Crippen molar-refractivity contribution in [2.45, 2.75) is 67.5 Å². The van der Waals surface area contributed by atoms with Crippen LogP contribution in [0.3, 0.4) is 0 Å². The molecule has 6 nitrogen and oxygen atoms in total. The molecule has 3 unspecified atom stereocenters. The smallest absolute Gasteiger partial charge is 0.381 e. The van der Waals surface area contributed by atoms with E-state index in [1.54, 1.807) is 13.0 Å². The molecule has 2 aromatic rings. The van der Waals surface area contributed by atoms with Crippen LogP contribution in [0.1, 0.15) is 41.0 Å². The molecule has 35 heavy (non-hydrogen) atoms. The highest BCUT2D eigenvalue weighted by atomic mass is 32.2. The highest BCUT2D eigenvalue weighted by Gasteiger charge is 2.51. The number of nitrogens with one attached hydrogen (secondary N) is 1. The number of nitriles is 1. The second-order valence-electron chi connectivity index (χ2n) is 9.24. The van der Waals surface area contributed by atoms with Crippen LogP contribution >= 0.6 is 11.3 Å². The number of benzene rings is 1. The average molecular weight is 527 g/mol. The predicted molar refractivity (Wildman–Crippen MR) is 124 cm³/mol. The molecule has 11 heteroatoms. The summed E-state index contributed by atoms with van der Waals surface area (Å²) in [5.74, 6) is -1.39. The van der Waals surface area contributed by atoms with Crippen LogP contribution in [0.2, 0.25) is 0 Å². The molecule has 188 valence electrons. The maximum Gasteiger partial charge on any atom is 0.417 e. The van der Waals surface area contributed by atoms with E-state index in [4.69, 9.17) is 4.74 Å². The van der Waals surface area contributed by atoms with Crippen LogP contribution in [0.25, 0.3) is 11.1 Å². The van der Waals surface area contributed by atoms with Gasteiger partial charge in [0.15, 0.2) is 9.84 Å². The lowest BCUT2D eigenvalue weighted by molar-refractivity contribution is -0.139. The van der Waals surface area contributed by atoms with E-state index in [1.165, 1.54) is 24.5 Å². The molecule has 1 aromatic carbocycles. The first kappa shape index (κ1) is 25.7. The van der Waals surface area contributed by atoms with E-state index in [1.807, 2.05) is 13.0 Å². The van der Waals surface area contributed by atoms with E-state index in [9.17, 15) is 31.6 Å². The second kappa shape index (κ2) is 8.91. The summed E-state index contributed by atoms with van der Waals surface area (Å²) in [6, 6.07) is 7.12. The van der Waals surface area contributed by atoms with Gasteiger partial charge in [0.25, 0.3) is 0 Å². The van der Waals surface area contributed by atoms with Gasteiger partial charge in [-0.2, -0.15) is 18.4 Å². The molecule has 0 aliphatic heterocycles. The van der Waals surface area contributed by atoms with E-state index in [-0.39, 0.29) is 12.8 Å². The van der Waals surface area contributed by atoms with E-state index < -0.39 is 55.2 Å². The number of carbonyl (C=O) groups excluding carboxylic acids is 1. The molecule has 1 amide bonds. The largest absolute Gasteiger partial charge is 0.417 e. The minimum atomic E-state index is -4.89. The van der Waals surface area contributed by atoms with Crippen molar-refractivity contribution in [2.24, 2.45) is 5.92 Å². The Labute approximate surface area is 206 Å². The lowest BCUT2D eigenvalue weighted by Crippen LogP contribution is -2.42. The van der Waals surface area contributed by atoms with Gasteiger partial charge < -0.3 is 10.1 Å². The van der Waals surface area contributed by atoms with Gasteiger partial charge in [-0.25, -0.2) is 8.42 Å². The van der Waals surface area contributed by atoms with Crippen molar-refractivity contribution >= 4 is 27.1 Å². The van der Waals surface area contributed by atoms with Crippen molar-refractivity contribution < 1.29 is 31.1 Å². The van der Waals surface area contributed by atoms with Gasteiger partial charge in [-0.3, -0.25) is 4.79 Å². The molecule has 0 spiro atoms. The van der Waals surface area contributed by atoms with Crippen LogP contribution in [-0.4, -0.2) is 38.3 Å². The quantitative estimate of drug-likeness (QED) is 0.584. The third kappa shape index (κ3) is 4.84. The van der Waals surface area contributed by atoms with Crippen LogP contribution in [0.5, 0.6) is 0 Å². The van der Waals surface area contributed by atoms with Crippen molar-refractivity contribution in [3.63, 3.8) is 0 Å². The van der Waals surface area contributed by atoms with Crippen molar-refractivity contribution in [1.82, 2.24) is 5.32 Å². The van der Waals surface area contributed by atoms with Gasteiger partial charge in [-0.05, 0) is 68.9 Å². The Bertz CT molecular complexity index is 1310. The van der Waals surface area contributed by atoms with Crippen LogP contribution in [-0.2, 0) is 25.5 Å². The minimum absolute atomic E-state index is 0.113. The van der Waals surface area contributed by atoms with Crippen molar-refractivity contribution in [3.8, 4) is 17.2 Å². The van der Waals surface area contributed by atoms with E-state index >= 15 is 0 Å². The zero-order valence-electron chi connectivity index (χ0n) is 19.4. The molecular formula is C24H25F3N2O4S2. The Morgan fingerprint density at radius 1 is 1.23 bits per heavy atom. The Morgan fingerprint density at radius 2 is 1.91 bits per heavy atom. The topological polar surface area (TPSA) is 96.3 Å². The number of nitrogens with zero attached hydrogens (tertiary/aromatic N) is 1. The van der Waals surface area contributed by atoms with Gasteiger partial charge in [-0.15, -0.1) is 11.3 Å². The maximum absolute atomic E-state index is 14.1. The summed E-state index contributed by atoms with van der Waals surface area (Å²) in [6.07, 6.45) is -4.96. The molecule has 1 heterocycles. The molecule has 1 aromatic heterocycles. The first-order valence-corrected chi connectivity index (χ1v) is 13.5. The monoisotopic (exact) mass is 526 g/mol. The number of carbonyl (C=O) groups is 1. The Balaban J connectivity index is 1.68. The number of halogens is 3. The molecule has 0 radical (unpaired) electrons. The molecule has 2 aliphatic rings. The standard InChI is InChI=1S/C24H25F3N2O4S2/c1-13-8-17(14(2)34-13)15-4-5-21(19(9-15)24(25,26)27)35(31,32)16-10-18(20(11-16)33-3)22(30)29-23(12-28)6-7-23/h4-5,8-9,16,18,20H,6-7,10-11H2,1-3H3,(H,29,30). The van der Waals surface area contributed by atoms with Crippen LogP contribution in [0.15, 0.2) is 29.2 Å². The minimum Gasteiger partial charge on any atom is -0.381 e. The number of alkyl halides is 3. The summed E-state index contributed by atoms with van der Waals surface area (Å²) in [4.78, 5) is 13.8. The predicted octanol–water partition coefficient (Wildman–Crippen LogP) is 4.79. The molecule has 0 bridgehead atoms. The van der Waals surface area contributed by atoms with Gasteiger partial charge in [0.2, 0.25) is 5.91 Å². The molecule has 1 N–H and O–H groups in total. The number of ether oxygens (including phenoxy) is 1. The molecule has 2 fully saturated rings. The number of aryl methyl sites for hydroxylation is 2. The van der Waals surface area contributed by atoms with Crippen molar-refractivity contribution in [2.75, 3.05) is 7.11 Å². The number of hydrogen-bond acceptors (Lipinski definition) is 6. The Hall–Kier alpha value is -2.42. The summed E-state index contributed by atoms with van der Waals surface area (Å²) >= 11 is 1.45. The summed E-state index contributed by atoms with van der Waals surface area (Å²) in [5, 5.41) is 10.7. The van der Waals surface area contributed by atoms with Crippen LogP contribution < -0.4 is 5.32 Å². The Morgan fingerprint density at radius 3 is 2.43 bits per heavy atom. The first-order valence-electron chi connectivity index (χ1n) is 11.1. The van der Waals surface area contributed by atoms with Gasteiger partial charge >= 0.3 is 6.18 Å². The molecule has 3 atom stereocenters. The third-order valence-corrected chi connectivity index (χ3v) is 10.0. The van der Waals surface area contributed by atoms with Crippen molar-refractivity contribution in [3.05, 3.63) is 39.6 Å². The zero-order chi connectivity index (χ0) is 25.8. The fourth-order valence-corrected chi connectivity index (χ4v) is 7.67. The lowest BCUT2D eigenvalue weighted by atomic mass is 10.0.